The van der Waals surface area contributed by atoms with Gasteiger partial charge in [0.05, 0.1) is 31.8 Å². The van der Waals surface area contributed by atoms with Gasteiger partial charge in [0.2, 0.25) is 20.0 Å². The number of allylic oxidation sites excluding steroid dienone is 2. The van der Waals surface area contributed by atoms with Gasteiger partial charge in [-0.1, -0.05) is 0 Å². The van der Waals surface area contributed by atoms with Gasteiger partial charge in [-0.05, 0) is 49.2 Å². The van der Waals surface area contributed by atoms with Crippen molar-refractivity contribution in [1.29, 1.82) is 0 Å². The van der Waals surface area contributed by atoms with E-state index in [4.69, 9.17) is 0 Å². The van der Waals surface area contributed by atoms with Crippen LogP contribution in [-0.4, -0.2) is 54.3 Å². The summed E-state index contributed by atoms with van der Waals surface area (Å²) in [5, 5.41) is 45.0. The fourth-order valence-electron chi connectivity index (χ4n) is 5.66. The Bertz CT molecular complexity index is 2490. The summed E-state index contributed by atoms with van der Waals surface area (Å²) < 4.78 is 148. The predicted molar refractivity (Wildman–Crippen MR) is 187 cm³/mol. The van der Waals surface area contributed by atoms with E-state index >= 15 is 26.3 Å². The smallest absolute Gasteiger partial charge is 0.258 e. The number of nitrogens with one attached hydrogen (secondary N) is 2. The molecule has 18 nitrogen and oxygen atoms in total. The number of rotatable bonds is 14. The minimum absolute atomic E-state index is 0.228. The molecule has 2 N–H and O–H groups in total. The topological polar surface area (TPSA) is 265 Å². The highest BCUT2D eigenvalue weighted by molar-refractivity contribution is 7.90. The number of thiophene rings is 2. The second-order valence-electron chi connectivity index (χ2n) is 11.8. The molecule has 1 aliphatic carbocycles. The van der Waals surface area contributed by atoms with E-state index in [0.29, 0.717) is 59.1 Å². The van der Waals surface area contributed by atoms with Crippen molar-refractivity contribution in [3.05, 3.63) is 120 Å². The first-order chi connectivity index (χ1) is 26.2. The van der Waals surface area contributed by atoms with Crippen LogP contribution in [0.2, 0.25) is 0 Å². The third kappa shape index (κ3) is 7.45. The Kier molecular flexibility index (Phi) is 10.9. The van der Waals surface area contributed by atoms with Crippen LogP contribution < -0.4 is 9.44 Å². The Labute approximate surface area is 322 Å². The molecular formula is C29H20F6N6O12S4. The van der Waals surface area contributed by atoms with Crippen molar-refractivity contribution in [1.82, 2.24) is 9.44 Å². The van der Waals surface area contributed by atoms with E-state index in [2.05, 4.69) is 0 Å². The lowest BCUT2D eigenvalue weighted by Crippen LogP contribution is -2.48. The number of aryl methyl sites for hydroxylation is 2. The predicted octanol–water partition coefficient (Wildman–Crippen LogP) is 6.85. The van der Waals surface area contributed by atoms with Crippen LogP contribution in [0.1, 0.15) is 30.6 Å². The molecule has 2 heterocycles. The number of nitrogens with zero attached hydrogens (tertiary/aromatic N) is 4. The maximum atomic E-state index is 15.6. The van der Waals surface area contributed by atoms with E-state index in [1.807, 2.05) is 9.44 Å². The van der Waals surface area contributed by atoms with Crippen molar-refractivity contribution in [2.24, 2.45) is 0 Å². The largest absolute Gasteiger partial charge is 0.380 e. The molecule has 5 rings (SSSR count). The molecule has 0 spiro atoms. The lowest BCUT2D eigenvalue weighted by molar-refractivity contribution is -0.396. The fourth-order valence-corrected chi connectivity index (χ4v) is 10.1. The van der Waals surface area contributed by atoms with E-state index in [1.165, 1.54) is 0 Å². The van der Waals surface area contributed by atoms with Gasteiger partial charge in [0.15, 0.2) is 9.79 Å². The van der Waals surface area contributed by atoms with Gasteiger partial charge in [-0.3, -0.25) is 40.5 Å². The molecule has 0 aliphatic heterocycles. The minimum Gasteiger partial charge on any atom is -0.258 e. The Balaban J connectivity index is 1.52. The van der Waals surface area contributed by atoms with Crippen LogP contribution in [0.15, 0.2) is 58.3 Å². The monoisotopic (exact) mass is 886 g/mol. The van der Waals surface area contributed by atoms with Crippen LogP contribution in [0.25, 0.3) is 11.1 Å². The molecule has 0 radical (unpaired) electrons. The van der Waals surface area contributed by atoms with Crippen LogP contribution in [-0.2, 0) is 33.1 Å². The highest BCUT2D eigenvalue weighted by Crippen LogP contribution is 2.65. The second-order valence-corrected chi connectivity index (χ2v) is 18.0. The van der Waals surface area contributed by atoms with Crippen LogP contribution in [0.5, 0.6) is 0 Å². The highest BCUT2D eigenvalue weighted by atomic mass is 32.2. The Morgan fingerprint density at radius 2 is 0.912 bits per heavy atom. The quantitative estimate of drug-likeness (QED) is 0.0748. The molecule has 0 amide bonds. The molecule has 0 saturated carbocycles. The highest BCUT2D eigenvalue weighted by Gasteiger charge is 2.80. The molecule has 57 heavy (non-hydrogen) atoms. The van der Waals surface area contributed by atoms with Crippen molar-refractivity contribution in [3.8, 4) is 0 Å². The zero-order valence-electron chi connectivity index (χ0n) is 28.1. The lowest BCUT2D eigenvalue weighted by atomic mass is 9.95. The SMILES string of the molecule is Cc1sc(CNS(=O)(=O)c2ccc([N+](=O)[O-])cc2[N+](=O)[O-])cc1C1=C(c2cc(CNS(=O)(=O)c3ccc([N+](=O)[O-])cc3[N+](=O)[O-])sc2C)C(F)(F)C(F)(F)C1(F)F. The Morgan fingerprint density at radius 3 is 1.21 bits per heavy atom. The Morgan fingerprint density at radius 1 is 0.579 bits per heavy atom. The number of hydrogen-bond donors (Lipinski definition) is 2. The number of hydrogen-bond acceptors (Lipinski definition) is 14. The fraction of sp³-hybridized carbons (Fsp3) is 0.241. The van der Waals surface area contributed by atoms with Gasteiger partial charge in [-0.15, -0.1) is 22.7 Å². The molecule has 2 aromatic heterocycles. The normalized spacial score (nSPS) is 16.1. The average Bonchev–Trinajstić information content (AvgIpc) is 3.70. The number of halogens is 6. The summed E-state index contributed by atoms with van der Waals surface area (Å²) in [6.45, 7) is 0.453. The van der Waals surface area contributed by atoms with Crippen molar-refractivity contribution in [3.63, 3.8) is 0 Å². The zero-order chi connectivity index (χ0) is 42.8. The third-order valence-corrected chi connectivity index (χ3v) is 13.3. The number of nitro groups is 4. The van der Waals surface area contributed by atoms with Gasteiger partial charge in [-0.2, -0.15) is 26.3 Å². The molecule has 4 aromatic rings. The molecule has 0 atom stereocenters. The molecule has 0 saturated heterocycles. The van der Waals surface area contributed by atoms with E-state index in [9.17, 15) is 57.3 Å². The number of non-ortho nitro benzene ring substituents is 2. The summed E-state index contributed by atoms with van der Waals surface area (Å²) in [6, 6.07) is 4.63. The molecule has 28 heteroatoms. The summed E-state index contributed by atoms with van der Waals surface area (Å²) in [5.74, 6) is -17.2. The lowest BCUT2D eigenvalue weighted by Gasteiger charge is -2.25. The van der Waals surface area contributed by atoms with Crippen molar-refractivity contribution in [2.75, 3.05) is 0 Å². The van der Waals surface area contributed by atoms with Crippen molar-refractivity contribution < 1.29 is 62.9 Å². The third-order valence-electron chi connectivity index (χ3n) is 8.29. The molecule has 1 aliphatic rings. The van der Waals surface area contributed by atoms with E-state index in [0.717, 1.165) is 26.0 Å². The van der Waals surface area contributed by atoms with E-state index in [-0.39, 0.29) is 19.5 Å². The second kappa shape index (κ2) is 14.5. The van der Waals surface area contributed by atoms with Gasteiger partial charge in [-0.25, -0.2) is 26.3 Å². The molecule has 0 bridgehead atoms. The number of alkyl halides is 6. The molecular weight excluding hydrogens is 867 g/mol. The molecule has 0 fully saturated rings. The van der Waals surface area contributed by atoms with Gasteiger partial charge in [0.1, 0.15) is 0 Å². The minimum atomic E-state index is -6.04. The molecule has 0 unspecified atom stereocenters. The maximum Gasteiger partial charge on any atom is 0.380 e. The van der Waals surface area contributed by atoms with Gasteiger partial charge >= 0.3 is 17.8 Å². The van der Waals surface area contributed by atoms with Crippen LogP contribution in [0.4, 0.5) is 49.1 Å². The summed E-state index contributed by atoms with van der Waals surface area (Å²) >= 11 is 1.02. The first-order valence-corrected chi connectivity index (χ1v) is 19.7. The maximum absolute atomic E-state index is 15.6. The number of benzene rings is 2. The van der Waals surface area contributed by atoms with Crippen LogP contribution in [0, 0.1) is 54.3 Å². The Hall–Kier alpha value is -5.42. The summed E-state index contributed by atoms with van der Waals surface area (Å²) in [6.07, 6.45) is 0. The average molecular weight is 887 g/mol. The van der Waals surface area contributed by atoms with E-state index in [1.54, 1.807) is 0 Å². The van der Waals surface area contributed by atoms with Gasteiger partial charge < -0.3 is 0 Å². The summed E-state index contributed by atoms with van der Waals surface area (Å²) in [4.78, 5) is 37.4. The first-order valence-electron chi connectivity index (χ1n) is 15.1. The van der Waals surface area contributed by atoms with Crippen LogP contribution in [0.3, 0.4) is 0 Å². The zero-order valence-corrected chi connectivity index (χ0v) is 31.4. The summed E-state index contributed by atoms with van der Waals surface area (Å²) in [5.41, 5.74) is -9.45. The first kappa shape index (κ1) is 42.7. The standard InChI is InChI=1S/C29H20F6N6O12S4/c1-13-19(9-17(54-13)11-36-56(50,51)23-5-3-15(38(42)43)7-21(23)40(46)47)25-26(28(32,33)29(34,35)27(25,30)31)20-10-18(55-14(20)2)12-37-57(52,53)24-6-4-16(39(44)45)8-22(24)41(48)49/h3-10,36-37H,11-12H2,1-2H3. The van der Waals surface area contributed by atoms with Crippen LogP contribution >= 0.6 is 22.7 Å². The molecule has 2 aromatic carbocycles. The van der Waals surface area contributed by atoms with Crippen molar-refractivity contribution >= 4 is 76.6 Å². The summed E-state index contributed by atoms with van der Waals surface area (Å²) in [7, 11) is -9.75. The van der Waals surface area contributed by atoms with E-state index < -0.39 is 125 Å². The molecule has 304 valence electrons. The van der Waals surface area contributed by atoms with Gasteiger partial charge in [0, 0.05) is 55.9 Å². The number of sulfonamides is 2. The van der Waals surface area contributed by atoms with Crippen molar-refractivity contribution in [2.45, 2.75) is 54.5 Å². The number of nitro benzene ring substituents is 4. The van der Waals surface area contributed by atoms with Gasteiger partial charge in [0.25, 0.3) is 22.7 Å².